The van der Waals surface area contributed by atoms with Gasteiger partial charge in [-0.25, -0.2) is 0 Å². The molecule has 0 saturated carbocycles. The fourth-order valence-corrected chi connectivity index (χ4v) is 1.64. The van der Waals surface area contributed by atoms with Gasteiger partial charge in [-0.15, -0.1) is 0 Å². The van der Waals surface area contributed by atoms with Gasteiger partial charge in [-0.05, 0) is 26.0 Å². The van der Waals surface area contributed by atoms with Crippen molar-refractivity contribution in [3.8, 4) is 17.2 Å². The standard InChI is InChI=1S/C14H23NO4/c1-10(2)15-8-11(16)9-19-14-12(17-3)6-5-7-13(14)18-4/h5-7,10-11,15-16H,8-9H2,1-4H3/p+1/t11-/m0/s1. The number of ether oxygens (including phenoxy) is 3. The molecule has 0 fully saturated rings. The van der Waals surface area contributed by atoms with Crippen molar-refractivity contribution in [2.75, 3.05) is 27.4 Å². The molecule has 0 aromatic heterocycles. The number of hydrogen-bond acceptors (Lipinski definition) is 4. The minimum atomic E-state index is -0.531. The van der Waals surface area contributed by atoms with Crippen LogP contribution in [0.4, 0.5) is 0 Å². The first-order valence-electron chi connectivity index (χ1n) is 6.43. The third-order valence-corrected chi connectivity index (χ3v) is 2.68. The van der Waals surface area contributed by atoms with E-state index in [2.05, 4.69) is 19.2 Å². The SMILES string of the molecule is COc1cccc(OC)c1OC[C@@H](O)C[NH2+]C(C)C. The zero-order valence-electron chi connectivity index (χ0n) is 12.1. The molecule has 0 bridgehead atoms. The smallest absolute Gasteiger partial charge is 0.203 e. The number of hydrogen-bond donors (Lipinski definition) is 2. The summed E-state index contributed by atoms with van der Waals surface area (Å²) in [7, 11) is 3.15. The number of quaternary nitrogens is 1. The minimum absolute atomic E-state index is 0.208. The normalized spacial score (nSPS) is 12.3. The van der Waals surface area contributed by atoms with E-state index in [9.17, 15) is 5.11 Å². The fraction of sp³-hybridized carbons (Fsp3) is 0.571. The molecule has 1 aromatic carbocycles. The average molecular weight is 270 g/mol. The van der Waals surface area contributed by atoms with Gasteiger partial charge in [-0.3, -0.25) is 0 Å². The summed E-state index contributed by atoms with van der Waals surface area (Å²) in [5, 5.41) is 11.9. The number of methoxy groups -OCH3 is 2. The van der Waals surface area contributed by atoms with Gasteiger partial charge >= 0.3 is 0 Å². The maximum Gasteiger partial charge on any atom is 0.203 e. The molecule has 0 aliphatic carbocycles. The van der Waals surface area contributed by atoms with Crippen LogP contribution in [0.2, 0.25) is 0 Å². The maximum absolute atomic E-state index is 9.85. The van der Waals surface area contributed by atoms with E-state index in [1.807, 2.05) is 6.07 Å². The summed E-state index contributed by atoms with van der Waals surface area (Å²) >= 11 is 0. The molecular weight excluding hydrogens is 246 g/mol. The quantitative estimate of drug-likeness (QED) is 0.718. The number of aliphatic hydroxyl groups excluding tert-OH is 1. The van der Waals surface area contributed by atoms with E-state index >= 15 is 0 Å². The predicted molar refractivity (Wildman–Crippen MR) is 73.0 cm³/mol. The first-order chi connectivity index (χ1) is 9.08. The van der Waals surface area contributed by atoms with Crippen molar-refractivity contribution in [3.05, 3.63) is 18.2 Å². The minimum Gasteiger partial charge on any atom is -0.493 e. The largest absolute Gasteiger partial charge is 0.493 e. The summed E-state index contributed by atoms with van der Waals surface area (Å²) in [5.41, 5.74) is 0. The van der Waals surface area contributed by atoms with Crippen molar-refractivity contribution in [2.24, 2.45) is 0 Å². The topological polar surface area (TPSA) is 64.5 Å². The van der Waals surface area contributed by atoms with Crippen LogP contribution in [0.5, 0.6) is 17.2 Å². The Morgan fingerprint density at radius 2 is 1.74 bits per heavy atom. The third kappa shape index (κ3) is 4.96. The summed E-state index contributed by atoms with van der Waals surface area (Å²) in [5.74, 6) is 1.72. The lowest BCUT2D eigenvalue weighted by molar-refractivity contribution is -0.688. The lowest BCUT2D eigenvalue weighted by Gasteiger charge is -2.16. The van der Waals surface area contributed by atoms with Crippen molar-refractivity contribution in [2.45, 2.75) is 26.0 Å². The van der Waals surface area contributed by atoms with Crippen LogP contribution in [-0.2, 0) is 0 Å². The Labute approximate surface area is 114 Å². The molecule has 0 radical (unpaired) electrons. The highest BCUT2D eigenvalue weighted by atomic mass is 16.5. The maximum atomic E-state index is 9.85. The Bertz CT molecular complexity index is 359. The van der Waals surface area contributed by atoms with Crippen LogP contribution in [-0.4, -0.2) is 44.6 Å². The number of aliphatic hydroxyl groups is 1. The Balaban J connectivity index is 2.61. The van der Waals surface area contributed by atoms with Crippen LogP contribution in [0.15, 0.2) is 18.2 Å². The number of para-hydroxylation sites is 1. The summed E-state index contributed by atoms with van der Waals surface area (Å²) in [6, 6.07) is 5.87. The Morgan fingerprint density at radius 3 is 2.21 bits per heavy atom. The molecular formula is C14H24NO4+. The van der Waals surface area contributed by atoms with Gasteiger partial charge in [0, 0.05) is 0 Å². The van der Waals surface area contributed by atoms with Crippen LogP contribution >= 0.6 is 0 Å². The molecule has 1 rings (SSSR count). The molecule has 0 amide bonds. The number of rotatable bonds is 8. The zero-order chi connectivity index (χ0) is 14.3. The van der Waals surface area contributed by atoms with Crippen molar-refractivity contribution >= 4 is 0 Å². The molecule has 1 aromatic rings. The molecule has 108 valence electrons. The highest BCUT2D eigenvalue weighted by Gasteiger charge is 2.14. The molecule has 0 aliphatic heterocycles. The molecule has 0 unspecified atom stereocenters. The fourth-order valence-electron chi connectivity index (χ4n) is 1.64. The van der Waals surface area contributed by atoms with E-state index in [4.69, 9.17) is 14.2 Å². The molecule has 1 atom stereocenters. The third-order valence-electron chi connectivity index (χ3n) is 2.68. The number of benzene rings is 1. The van der Waals surface area contributed by atoms with Gasteiger partial charge in [0.2, 0.25) is 5.75 Å². The van der Waals surface area contributed by atoms with Crippen LogP contribution in [0, 0.1) is 0 Å². The van der Waals surface area contributed by atoms with Gasteiger partial charge in [0.25, 0.3) is 0 Å². The first-order valence-corrected chi connectivity index (χ1v) is 6.43. The van der Waals surface area contributed by atoms with Crippen molar-refractivity contribution in [1.82, 2.24) is 0 Å². The van der Waals surface area contributed by atoms with E-state index in [1.54, 1.807) is 26.4 Å². The molecule has 0 heterocycles. The van der Waals surface area contributed by atoms with E-state index in [0.717, 1.165) is 0 Å². The average Bonchev–Trinajstić information content (AvgIpc) is 2.42. The molecule has 19 heavy (non-hydrogen) atoms. The van der Waals surface area contributed by atoms with E-state index in [0.29, 0.717) is 29.8 Å². The summed E-state index contributed by atoms with van der Waals surface area (Å²) < 4.78 is 16.1. The van der Waals surface area contributed by atoms with Gasteiger partial charge < -0.3 is 24.6 Å². The van der Waals surface area contributed by atoms with Gasteiger partial charge in [0.05, 0.1) is 20.3 Å². The van der Waals surface area contributed by atoms with Crippen LogP contribution in [0.1, 0.15) is 13.8 Å². The second kappa shape index (κ2) is 7.86. The van der Waals surface area contributed by atoms with E-state index in [1.165, 1.54) is 0 Å². The van der Waals surface area contributed by atoms with Gasteiger partial charge in [0.15, 0.2) is 11.5 Å². The Kier molecular flexibility index (Phi) is 6.45. The highest BCUT2D eigenvalue weighted by Crippen LogP contribution is 2.36. The lowest BCUT2D eigenvalue weighted by Crippen LogP contribution is -2.90. The summed E-state index contributed by atoms with van der Waals surface area (Å²) in [6.45, 7) is 4.97. The van der Waals surface area contributed by atoms with E-state index in [-0.39, 0.29) is 6.61 Å². The lowest BCUT2D eigenvalue weighted by atomic mass is 10.3. The van der Waals surface area contributed by atoms with Crippen LogP contribution in [0.25, 0.3) is 0 Å². The Morgan fingerprint density at radius 1 is 1.16 bits per heavy atom. The molecule has 0 saturated heterocycles. The van der Waals surface area contributed by atoms with Crippen molar-refractivity contribution < 1.29 is 24.6 Å². The van der Waals surface area contributed by atoms with Crippen LogP contribution in [0.3, 0.4) is 0 Å². The summed E-state index contributed by atoms with van der Waals surface area (Å²) in [6.07, 6.45) is -0.531. The predicted octanol–water partition coefficient (Wildman–Crippen LogP) is 0.415. The van der Waals surface area contributed by atoms with E-state index < -0.39 is 6.10 Å². The van der Waals surface area contributed by atoms with Crippen molar-refractivity contribution in [3.63, 3.8) is 0 Å². The van der Waals surface area contributed by atoms with Crippen LogP contribution < -0.4 is 19.5 Å². The molecule has 5 heteroatoms. The Hall–Kier alpha value is -1.46. The second-order valence-corrected chi connectivity index (χ2v) is 4.67. The highest BCUT2D eigenvalue weighted by molar-refractivity contribution is 5.51. The van der Waals surface area contributed by atoms with Gasteiger partial charge in [-0.2, -0.15) is 0 Å². The zero-order valence-corrected chi connectivity index (χ0v) is 12.1. The van der Waals surface area contributed by atoms with Gasteiger partial charge in [-0.1, -0.05) is 6.07 Å². The first kappa shape index (κ1) is 15.6. The number of nitrogens with two attached hydrogens (primary N) is 1. The molecule has 3 N–H and O–H groups in total. The molecule has 0 aliphatic rings. The summed E-state index contributed by atoms with van der Waals surface area (Å²) in [4.78, 5) is 0. The second-order valence-electron chi connectivity index (χ2n) is 4.67. The molecule has 5 nitrogen and oxygen atoms in total. The van der Waals surface area contributed by atoms with Gasteiger partial charge in [0.1, 0.15) is 19.3 Å². The monoisotopic (exact) mass is 270 g/mol. The van der Waals surface area contributed by atoms with Crippen molar-refractivity contribution in [1.29, 1.82) is 0 Å². The molecule has 0 spiro atoms.